The lowest BCUT2D eigenvalue weighted by Crippen LogP contribution is -2.44. The molecule has 1 unspecified atom stereocenters. The maximum absolute atomic E-state index is 12.0. The van der Waals surface area contributed by atoms with Crippen LogP contribution in [-0.4, -0.2) is 40.1 Å². The highest BCUT2D eigenvalue weighted by molar-refractivity contribution is 7.10. The third-order valence-corrected chi connectivity index (χ3v) is 4.95. The number of aromatic amines is 1. The van der Waals surface area contributed by atoms with Crippen LogP contribution in [-0.2, 0) is 13.0 Å². The Bertz CT molecular complexity index is 704. The largest absolute Gasteiger partial charge is 0.349 e. The van der Waals surface area contributed by atoms with E-state index < -0.39 is 0 Å². The van der Waals surface area contributed by atoms with Gasteiger partial charge >= 0.3 is 0 Å². The second-order valence-electron chi connectivity index (χ2n) is 5.45. The van der Waals surface area contributed by atoms with E-state index in [-0.39, 0.29) is 23.2 Å². The van der Waals surface area contributed by atoms with Gasteiger partial charge < -0.3 is 5.32 Å². The SMILES string of the molecule is CC(CNC(=O)c1ccc(=O)[nH]n1)N1CCc2sccc2C1. The zero-order chi connectivity index (χ0) is 15.5. The van der Waals surface area contributed by atoms with Crippen molar-refractivity contribution < 1.29 is 4.79 Å². The molecular weight excluding hydrogens is 300 g/mol. The van der Waals surface area contributed by atoms with Crippen molar-refractivity contribution >= 4 is 17.2 Å². The number of nitrogens with one attached hydrogen (secondary N) is 2. The summed E-state index contributed by atoms with van der Waals surface area (Å²) in [5, 5.41) is 11.0. The zero-order valence-electron chi connectivity index (χ0n) is 12.3. The van der Waals surface area contributed by atoms with Crippen molar-refractivity contribution in [1.29, 1.82) is 0 Å². The first kappa shape index (κ1) is 14.9. The van der Waals surface area contributed by atoms with E-state index in [1.54, 1.807) is 0 Å². The van der Waals surface area contributed by atoms with E-state index in [1.165, 1.54) is 22.6 Å². The third-order valence-electron chi connectivity index (χ3n) is 3.93. The van der Waals surface area contributed by atoms with Gasteiger partial charge in [0.25, 0.3) is 11.5 Å². The molecule has 6 nitrogen and oxygen atoms in total. The standard InChI is InChI=1S/C15H18N4O2S/c1-10(19-6-4-13-11(9-19)5-7-22-13)8-16-15(21)12-2-3-14(20)18-17-12/h2-3,5,7,10H,4,6,8-9H2,1H3,(H,16,21)(H,18,20). The van der Waals surface area contributed by atoms with Crippen LogP contribution in [0.3, 0.4) is 0 Å². The number of nitrogens with zero attached hydrogens (tertiary/aromatic N) is 2. The van der Waals surface area contributed by atoms with Crippen LogP contribution in [0.5, 0.6) is 0 Å². The second kappa shape index (κ2) is 6.41. The summed E-state index contributed by atoms with van der Waals surface area (Å²) in [6.45, 7) is 4.62. The second-order valence-corrected chi connectivity index (χ2v) is 6.46. The van der Waals surface area contributed by atoms with Crippen LogP contribution in [0.4, 0.5) is 0 Å². The maximum Gasteiger partial charge on any atom is 0.271 e. The van der Waals surface area contributed by atoms with Crippen LogP contribution < -0.4 is 10.9 Å². The van der Waals surface area contributed by atoms with E-state index in [9.17, 15) is 9.59 Å². The van der Waals surface area contributed by atoms with Crippen LogP contribution in [0.25, 0.3) is 0 Å². The van der Waals surface area contributed by atoms with E-state index in [2.05, 4.69) is 38.8 Å². The molecule has 116 valence electrons. The van der Waals surface area contributed by atoms with Crippen molar-refractivity contribution in [1.82, 2.24) is 20.4 Å². The molecule has 3 heterocycles. The third kappa shape index (κ3) is 3.26. The fourth-order valence-corrected chi connectivity index (χ4v) is 3.47. The van der Waals surface area contributed by atoms with Crippen LogP contribution >= 0.6 is 11.3 Å². The first-order valence-electron chi connectivity index (χ1n) is 7.26. The van der Waals surface area contributed by atoms with E-state index in [0.29, 0.717) is 6.54 Å². The van der Waals surface area contributed by atoms with E-state index in [1.807, 2.05) is 11.3 Å². The molecule has 0 saturated carbocycles. The van der Waals surface area contributed by atoms with Crippen molar-refractivity contribution in [2.75, 3.05) is 13.1 Å². The normalized spacial score (nSPS) is 16.0. The minimum absolute atomic E-state index is 0.227. The number of hydrogen-bond donors (Lipinski definition) is 2. The van der Waals surface area contributed by atoms with Crippen LogP contribution in [0.1, 0.15) is 27.9 Å². The van der Waals surface area contributed by atoms with Gasteiger partial charge in [-0.15, -0.1) is 11.3 Å². The lowest BCUT2D eigenvalue weighted by atomic mass is 10.1. The lowest BCUT2D eigenvalue weighted by Gasteiger charge is -2.32. The number of amides is 1. The Hall–Kier alpha value is -1.99. The van der Waals surface area contributed by atoms with Gasteiger partial charge in [-0.2, -0.15) is 5.10 Å². The average molecular weight is 318 g/mol. The Morgan fingerprint density at radius 3 is 3.14 bits per heavy atom. The fourth-order valence-electron chi connectivity index (χ4n) is 2.58. The Morgan fingerprint density at radius 1 is 1.50 bits per heavy atom. The summed E-state index contributed by atoms with van der Waals surface area (Å²) < 4.78 is 0. The molecule has 0 fully saturated rings. The first-order chi connectivity index (χ1) is 10.6. The predicted octanol–water partition coefficient (Wildman–Crippen LogP) is 1.01. The van der Waals surface area contributed by atoms with Crippen molar-refractivity contribution in [3.8, 4) is 0 Å². The molecule has 2 aromatic heterocycles. The molecule has 22 heavy (non-hydrogen) atoms. The highest BCUT2D eigenvalue weighted by Gasteiger charge is 2.21. The summed E-state index contributed by atoms with van der Waals surface area (Å²) in [5.74, 6) is -0.267. The summed E-state index contributed by atoms with van der Waals surface area (Å²) in [4.78, 5) is 26.8. The molecule has 7 heteroatoms. The van der Waals surface area contributed by atoms with Crippen LogP contribution in [0.2, 0.25) is 0 Å². The smallest absolute Gasteiger partial charge is 0.271 e. The van der Waals surface area contributed by atoms with Crippen molar-refractivity contribution in [3.05, 3.63) is 50.1 Å². The van der Waals surface area contributed by atoms with Gasteiger partial charge in [-0.25, -0.2) is 5.10 Å². The number of aromatic nitrogens is 2. The minimum Gasteiger partial charge on any atom is -0.349 e. The number of carbonyl (C=O) groups is 1. The van der Waals surface area contributed by atoms with Gasteiger partial charge in [-0.1, -0.05) is 0 Å². The van der Waals surface area contributed by atoms with E-state index in [0.717, 1.165) is 19.5 Å². The number of thiophene rings is 1. The predicted molar refractivity (Wildman–Crippen MR) is 85.1 cm³/mol. The van der Waals surface area contributed by atoms with Gasteiger partial charge in [0.15, 0.2) is 0 Å². The molecule has 3 rings (SSSR count). The van der Waals surface area contributed by atoms with Crippen LogP contribution in [0, 0.1) is 0 Å². The maximum atomic E-state index is 12.0. The van der Waals surface area contributed by atoms with Gasteiger partial charge in [0.05, 0.1) is 0 Å². The molecule has 2 aromatic rings. The fraction of sp³-hybridized carbons (Fsp3) is 0.400. The van der Waals surface area contributed by atoms with Crippen molar-refractivity contribution in [2.24, 2.45) is 0 Å². The Labute approximate surface area is 132 Å². The molecule has 0 aromatic carbocycles. The summed E-state index contributed by atoms with van der Waals surface area (Å²) in [6.07, 6.45) is 1.08. The van der Waals surface area contributed by atoms with Gasteiger partial charge in [0.2, 0.25) is 0 Å². The summed E-state index contributed by atoms with van der Waals surface area (Å²) in [5.41, 5.74) is 1.31. The molecule has 2 N–H and O–H groups in total. The molecule has 0 spiro atoms. The number of hydrogen-bond acceptors (Lipinski definition) is 5. The van der Waals surface area contributed by atoms with Crippen LogP contribution in [0.15, 0.2) is 28.4 Å². The topological polar surface area (TPSA) is 78.1 Å². The van der Waals surface area contributed by atoms with Gasteiger partial charge in [0.1, 0.15) is 5.69 Å². The first-order valence-corrected chi connectivity index (χ1v) is 8.14. The average Bonchev–Trinajstić information content (AvgIpc) is 3.00. The Morgan fingerprint density at radius 2 is 2.36 bits per heavy atom. The molecule has 1 amide bonds. The number of carbonyl (C=O) groups excluding carboxylic acids is 1. The molecule has 1 aliphatic heterocycles. The highest BCUT2D eigenvalue weighted by Crippen LogP contribution is 2.24. The van der Waals surface area contributed by atoms with Gasteiger partial charge in [-0.3, -0.25) is 14.5 Å². The molecule has 0 aliphatic carbocycles. The lowest BCUT2D eigenvalue weighted by molar-refractivity contribution is 0.0926. The minimum atomic E-state index is -0.315. The monoisotopic (exact) mass is 318 g/mol. The summed E-state index contributed by atoms with van der Waals surface area (Å²) >= 11 is 1.82. The molecule has 1 atom stereocenters. The Kier molecular flexibility index (Phi) is 4.35. The van der Waals surface area contributed by atoms with Gasteiger partial charge in [-0.05, 0) is 36.4 Å². The molecule has 0 saturated heterocycles. The number of H-pyrrole nitrogens is 1. The summed E-state index contributed by atoms with van der Waals surface area (Å²) in [7, 11) is 0. The van der Waals surface area contributed by atoms with Crippen molar-refractivity contribution in [3.63, 3.8) is 0 Å². The highest BCUT2D eigenvalue weighted by atomic mass is 32.1. The quantitative estimate of drug-likeness (QED) is 0.882. The number of rotatable bonds is 4. The Balaban J connectivity index is 1.54. The number of fused-ring (bicyclic) bond motifs is 1. The van der Waals surface area contributed by atoms with E-state index in [4.69, 9.17) is 0 Å². The molecular formula is C15H18N4O2S. The molecule has 1 aliphatic rings. The molecule has 0 bridgehead atoms. The van der Waals surface area contributed by atoms with E-state index >= 15 is 0 Å². The summed E-state index contributed by atoms with van der Waals surface area (Å²) in [6, 6.07) is 5.16. The molecule has 0 radical (unpaired) electrons. The van der Waals surface area contributed by atoms with Gasteiger partial charge in [0, 0.05) is 36.6 Å². The zero-order valence-corrected chi connectivity index (χ0v) is 13.2. The van der Waals surface area contributed by atoms with Crippen molar-refractivity contribution in [2.45, 2.75) is 25.9 Å².